The zero-order valence-electron chi connectivity index (χ0n) is 10.2. The van der Waals surface area contributed by atoms with Crippen LogP contribution in [0.2, 0.25) is 0 Å². The van der Waals surface area contributed by atoms with E-state index in [1.54, 1.807) is 0 Å². The molecule has 1 fully saturated rings. The highest BCUT2D eigenvalue weighted by Gasteiger charge is 2.30. The van der Waals surface area contributed by atoms with Crippen LogP contribution < -0.4 is 11.1 Å². The van der Waals surface area contributed by atoms with Crippen LogP contribution in [0.5, 0.6) is 0 Å². The maximum Gasteiger partial charge on any atom is 0.154 e. The SMILES string of the molecule is NC(=S)c1ccc(NCC2CCCS2(=O)=O)c(Br)c1. The molecule has 4 nitrogen and oxygen atoms in total. The Hall–Kier alpha value is -0.660. The first-order chi connectivity index (χ1) is 8.90. The number of rotatable bonds is 4. The molecular weight excluding hydrogens is 348 g/mol. The molecule has 0 radical (unpaired) electrons. The number of hydrogen-bond donors (Lipinski definition) is 2. The first kappa shape index (κ1) is 14.7. The fourth-order valence-corrected chi connectivity index (χ4v) is 4.53. The lowest BCUT2D eigenvalue weighted by atomic mass is 10.2. The third-order valence-electron chi connectivity index (χ3n) is 3.24. The van der Waals surface area contributed by atoms with Gasteiger partial charge in [-0.05, 0) is 47.0 Å². The molecule has 1 unspecified atom stereocenters. The highest BCUT2D eigenvalue weighted by atomic mass is 79.9. The molecule has 104 valence electrons. The summed E-state index contributed by atoms with van der Waals surface area (Å²) >= 11 is 8.33. The topological polar surface area (TPSA) is 72.2 Å². The Morgan fingerprint density at radius 1 is 1.53 bits per heavy atom. The average Bonchev–Trinajstić information content (AvgIpc) is 2.66. The van der Waals surface area contributed by atoms with E-state index in [4.69, 9.17) is 18.0 Å². The molecule has 0 bridgehead atoms. The lowest BCUT2D eigenvalue weighted by Crippen LogP contribution is -2.25. The highest BCUT2D eigenvalue weighted by molar-refractivity contribution is 9.10. The zero-order valence-corrected chi connectivity index (χ0v) is 13.4. The second-order valence-electron chi connectivity index (χ2n) is 4.57. The summed E-state index contributed by atoms with van der Waals surface area (Å²) in [5.41, 5.74) is 7.18. The number of halogens is 1. The Balaban J connectivity index is 2.06. The summed E-state index contributed by atoms with van der Waals surface area (Å²) in [6.45, 7) is 0.438. The monoisotopic (exact) mass is 362 g/mol. The van der Waals surface area contributed by atoms with Gasteiger partial charge < -0.3 is 11.1 Å². The fraction of sp³-hybridized carbons (Fsp3) is 0.417. The summed E-state index contributed by atoms with van der Waals surface area (Å²) in [6, 6.07) is 5.49. The number of thiocarbonyl (C=S) groups is 1. The molecule has 1 aromatic rings. The van der Waals surface area contributed by atoms with Gasteiger partial charge in [-0.2, -0.15) is 0 Å². The standard InChI is InChI=1S/C12H15BrN2O2S2/c13-10-6-8(12(14)18)3-4-11(10)15-7-9-2-1-5-19(9,16)17/h3-4,6,9,15H,1-2,5,7H2,(H2,14,18). The molecule has 0 amide bonds. The molecule has 2 rings (SSSR count). The summed E-state index contributed by atoms with van der Waals surface area (Å²) in [5, 5.41) is 2.88. The molecule has 1 saturated heterocycles. The van der Waals surface area contributed by atoms with E-state index in [2.05, 4.69) is 21.2 Å². The molecule has 0 aliphatic carbocycles. The van der Waals surface area contributed by atoms with Crippen LogP contribution >= 0.6 is 28.1 Å². The molecule has 1 aliphatic heterocycles. The molecule has 0 saturated carbocycles. The van der Waals surface area contributed by atoms with Gasteiger partial charge in [-0.25, -0.2) is 8.42 Å². The Morgan fingerprint density at radius 3 is 2.79 bits per heavy atom. The second kappa shape index (κ2) is 5.76. The minimum atomic E-state index is -2.91. The molecule has 0 aromatic heterocycles. The van der Waals surface area contributed by atoms with Crippen LogP contribution in [0.15, 0.2) is 22.7 Å². The molecule has 7 heteroatoms. The number of nitrogens with two attached hydrogens (primary N) is 1. The van der Waals surface area contributed by atoms with Crippen molar-refractivity contribution in [3.05, 3.63) is 28.2 Å². The van der Waals surface area contributed by atoms with E-state index in [1.165, 1.54) is 0 Å². The number of nitrogens with one attached hydrogen (secondary N) is 1. The number of anilines is 1. The van der Waals surface area contributed by atoms with Crippen molar-refractivity contribution in [2.24, 2.45) is 5.73 Å². The van der Waals surface area contributed by atoms with Gasteiger partial charge in [-0.1, -0.05) is 12.2 Å². The summed E-state index contributed by atoms with van der Waals surface area (Å²) in [7, 11) is -2.91. The van der Waals surface area contributed by atoms with Gasteiger partial charge in [0.15, 0.2) is 9.84 Å². The van der Waals surface area contributed by atoms with Crippen molar-refractivity contribution in [2.75, 3.05) is 17.6 Å². The average molecular weight is 363 g/mol. The molecule has 0 spiro atoms. The van der Waals surface area contributed by atoms with Crippen molar-refractivity contribution >= 4 is 48.7 Å². The van der Waals surface area contributed by atoms with Gasteiger partial charge >= 0.3 is 0 Å². The Labute approximate surface area is 126 Å². The van der Waals surface area contributed by atoms with Gasteiger partial charge in [0.2, 0.25) is 0 Å². The maximum atomic E-state index is 11.7. The first-order valence-corrected chi connectivity index (χ1v) is 8.86. The van der Waals surface area contributed by atoms with E-state index >= 15 is 0 Å². The van der Waals surface area contributed by atoms with Gasteiger partial charge in [0.1, 0.15) is 4.99 Å². The third-order valence-corrected chi connectivity index (χ3v) is 6.40. The predicted octanol–water partition coefficient (Wildman–Crippen LogP) is 2.07. The van der Waals surface area contributed by atoms with Gasteiger partial charge in [0.05, 0.1) is 11.0 Å². The molecular formula is C12H15BrN2O2S2. The lowest BCUT2D eigenvalue weighted by Gasteiger charge is -2.13. The van der Waals surface area contributed by atoms with E-state index < -0.39 is 9.84 Å². The Bertz CT molecular complexity index is 602. The van der Waals surface area contributed by atoms with Crippen molar-refractivity contribution in [1.82, 2.24) is 0 Å². The molecule has 3 N–H and O–H groups in total. The van der Waals surface area contributed by atoms with Gasteiger partial charge in [-0.15, -0.1) is 0 Å². The van der Waals surface area contributed by atoms with Gasteiger partial charge in [0.25, 0.3) is 0 Å². The summed E-state index contributed by atoms with van der Waals surface area (Å²) in [5.74, 6) is 0.306. The first-order valence-electron chi connectivity index (χ1n) is 5.95. The van der Waals surface area contributed by atoms with Crippen LogP contribution in [0.3, 0.4) is 0 Å². The van der Waals surface area contributed by atoms with Crippen molar-refractivity contribution in [2.45, 2.75) is 18.1 Å². The number of sulfone groups is 1. The highest BCUT2D eigenvalue weighted by Crippen LogP contribution is 2.26. The van der Waals surface area contributed by atoms with Crippen LogP contribution in [0.4, 0.5) is 5.69 Å². The van der Waals surface area contributed by atoms with Crippen molar-refractivity contribution in [1.29, 1.82) is 0 Å². The summed E-state index contributed by atoms with van der Waals surface area (Å²) in [6.07, 6.45) is 1.49. The van der Waals surface area contributed by atoms with Crippen LogP contribution in [0, 0.1) is 0 Å². The van der Waals surface area contributed by atoms with E-state index in [9.17, 15) is 8.42 Å². The number of hydrogen-bond acceptors (Lipinski definition) is 4. The quantitative estimate of drug-likeness (QED) is 0.802. The van der Waals surface area contributed by atoms with E-state index in [0.29, 0.717) is 17.3 Å². The lowest BCUT2D eigenvalue weighted by molar-refractivity contribution is 0.591. The van der Waals surface area contributed by atoms with E-state index in [-0.39, 0.29) is 5.25 Å². The summed E-state index contributed by atoms with van der Waals surface area (Å²) < 4.78 is 24.3. The van der Waals surface area contributed by atoms with Crippen LogP contribution in [-0.2, 0) is 9.84 Å². The zero-order chi connectivity index (χ0) is 14.0. The van der Waals surface area contributed by atoms with Crippen molar-refractivity contribution in [3.8, 4) is 0 Å². The molecule has 19 heavy (non-hydrogen) atoms. The van der Waals surface area contributed by atoms with Crippen LogP contribution in [-0.4, -0.2) is 31.0 Å². The Morgan fingerprint density at radius 2 is 2.26 bits per heavy atom. The summed E-state index contributed by atoms with van der Waals surface area (Å²) in [4.78, 5) is 0.339. The maximum absolute atomic E-state index is 11.7. The second-order valence-corrected chi connectivity index (χ2v) is 8.27. The van der Waals surface area contributed by atoms with Crippen LogP contribution in [0.25, 0.3) is 0 Å². The molecule has 1 aliphatic rings. The smallest absolute Gasteiger partial charge is 0.154 e. The minimum absolute atomic E-state index is 0.283. The van der Waals surface area contributed by atoms with E-state index in [1.807, 2.05) is 18.2 Å². The third kappa shape index (κ3) is 3.46. The minimum Gasteiger partial charge on any atom is -0.389 e. The number of benzene rings is 1. The molecule has 1 heterocycles. The molecule has 1 aromatic carbocycles. The normalized spacial score (nSPS) is 21.2. The van der Waals surface area contributed by atoms with Crippen LogP contribution in [0.1, 0.15) is 18.4 Å². The van der Waals surface area contributed by atoms with E-state index in [0.717, 1.165) is 28.6 Å². The Kier molecular flexibility index (Phi) is 4.47. The van der Waals surface area contributed by atoms with Crippen molar-refractivity contribution in [3.63, 3.8) is 0 Å². The van der Waals surface area contributed by atoms with Gasteiger partial charge in [-0.3, -0.25) is 0 Å². The van der Waals surface area contributed by atoms with Crippen molar-refractivity contribution < 1.29 is 8.42 Å². The molecule has 1 atom stereocenters. The predicted molar refractivity (Wildman–Crippen MR) is 85.3 cm³/mol. The van der Waals surface area contributed by atoms with Gasteiger partial charge in [0, 0.05) is 22.3 Å². The fourth-order valence-electron chi connectivity index (χ4n) is 2.12. The largest absolute Gasteiger partial charge is 0.389 e.